The summed E-state index contributed by atoms with van der Waals surface area (Å²) < 4.78 is 33.2. The minimum absolute atomic E-state index is 0.0122. The van der Waals surface area contributed by atoms with Crippen molar-refractivity contribution in [3.05, 3.63) is 48.6 Å². The van der Waals surface area contributed by atoms with Gasteiger partial charge in [-0.1, -0.05) is 165 Å². The molecule has 0 radical (unpaired) electrons. The Hall–Kier alpha value is -1.58. The molecule has 3 N–H and O–H groups in total. The van der Waals surface area contributed by atoms with Crippen molar-refractivity contribution in [2.75, 3.05) is 33.0 Å². The van der Waals surface area contributed by atoms with Crippen LogP contribution in [0, 0.1) is 0 Å². The van der Waals surface area contributed by atoms with E-state index in [1.165, 1.54) is 89.9 Å². The van der Waals surface area contributed by atoms with E-state index in [0.717, 1.165) is 57.8 Å². The summed E-state index contributed by atoms with van der Waals surface area (Å²) in [4.78, 5) is 22.5. The molecule has 3 unspecified atom stereocenters. The average Bonchev–Trinajstić information content (AvgIpc) is 3.13. The van der Waals surface area contributed by atoms with E-state index >= 15 is 0 Å². The number of allylic oxidation sites excluding steroid dienone is 8. The third-order valence-corrected chi connectivity index (χ3v) is 9.48. The van der Waals surface area contributed by atoms with Crippen molar-refractivity contribution < 1.29 is 43.0 Å². The lowest BCUT2D eigenvalue weighted by atomic mass is 10.0. The topological polar surface area (TPSA) is 132 Å². The first-order valence-electron chi connectivity index (χ1n) is 20.6. The van der Waals surface area contributed by atoms with Crippen molar-refractivity contribution in [1.82, 2.24) is 0 Å². The Morgan fingerprint density at radius 2 is 1.08 bits per heavy atom. The van der Waals surface area contributed by atoms with Gasteiger partial charge in [-0.3, -0.25) is 13.8 Å². The standard InChI is InChI=1S/C42H77O9P/c1-3-5-7-9-11-13-15-17-19-20-21-22-24-26-28-30-32-34-42(45)51-41(39-50-52(46,47)49-37-40(44)36-43)38-48-35-33-31-29-27-25-23-18-16-14-12-10-8-6-4-2/h6,8,12,14,18,23,27,29,40-41,43-44H,3-5,7,9-11,13,15-17,19-22,24-26,28,30-39H2,1-2H3,(H,46,47)/b8-6-,14-12-,23-18-,29-27-. The highest BCUT2D eigenvalue weighted by Gasteiger charge is 2.26. The largest absolute Gasteiger partial charge is 0.472 e. The van der Waals surface area contributed by atoms with Crippen LogP contribution < -0.4 is 0 Å². The normalized spacial score (nSPS) is 14.6. The van der Waals surface area contributed by atoms with Gasteiger partial charge in [0.1, 0.15) is 12.2 Å². The van der Waals surface area contributed by atoms with Crippen molar-refractivity contribution in [3.8, 4) is 0 Å². The molecule has 0 spiro atoms. The van der Waals surface area contributed by atoms with Gasteiger partial charge in [0.05, 0.1) is 26.4 Å². The number of unbranched alkanes of at least 4 members (excludes halogenated alkanes) is 17. The van der Waals surface area contributed by atoms with Crippen LogP contribution in [0.2, 0.25) is 0 Å². The number of ether oxygens (including phenoxy) is 2. The molecular formula is C42H77O9P. The Bertz CT molecular complexity index is 950. The molecule has 0 rings (SSSR count). The Balaban J connectivity index is 4.25. The van der Waals surface area contributed by atoms with Crippen LogP contribution in [0.25, 0.3) is 0 Å². The van der Waals surface area contributed by atoms with Crippen molar-refractivity contribution in [1.29, 1.82) is 0 Å². The molecule has 0 heterocycles. The fourth-order valence-corrected chi connectivity index (χ4v) is 6.21. The number of carbonyl (C=O) groups is 1. The Morgan fingerprint density at radius 1 is 0.615 bits per heavy atom. The van der Waals surface area contributed by atoms with Gasteiger partial charge in [0.25, 0.3) is 0 Å². The molecule has 0 aromatic rings. The number of hydrogen-bond donors (Lipinski definition) is 3. The lowest BCUT2D eigenvalue weighted by molar-refractivity contribution is -0.154. The Morgan fingerprint density at radius 3 is 1.58 bits per heavy atom. The number of aliphatic hydroxyl groups excluding tert-OH is 2. The highest BCUT2D eigenvalue weighted by molar-refractivity contribution is 7.47. The summed E-state index contributed by atoms with van der Waals surface area (Å²) in [6.07, 6.45) is 42.3. The van der Waals surface area contributed by atoms with Crippen molar-refractivity contribution in [3.63, 3.8) is 0 Å². The zero-order valence-electron chi connectivity index (χ0n) is 33.0. The maximum Gasteiger partial charge on any atom is 0.472 e. The summed E-state index contributed by atoms with van der Waals surface area (Å²) in [5.41, 5.74) is 0. The van der Waals surface area contributed by atoms with Crippen LogP contribution in [0.1, 0.15) is 168 Å². The maximum absolute atomic E-state index is 12.6. The van der Waals surface area contributed by atoms with Crippen LogP contribution in [-0.4, -0.2) is 66.3 Å². The molecule has 52 heavy (non-hydrogen) atoms. The predicted octanol–water partition coefficient (Wildman–Crippen LogP) is 11.0. The van der Waals surface area contributed by atoms with Gasteiger partial charge in [0.15, 0.2) is 0 Å². The fourth-order valence-electron chi connectivity index (χ4n) is 5.42. The summed E-state index contributed by atoms with van der Waals surface area (Å²) in [6, 6.07) is 0. The monoisotopic (exact) mass is 757 g/mol. The number of hydrogen-bond acceptors (Lipinski definition) is 8. The van der Waals surface area contributed by atoms with Gasteiger partial charge in [-0.25, -0.2) is 4.57 Å². The van der Waals surface area contributed by atoms with Crippen LogP contribution >= 0.6 is 7.82 Å². The quantitative estimate of drug-likeness (QED) is 0.0243. The number of carbonyl (C=O) groups excluding carboxylic acids is 1. The minimum atomic E-state index is -4.53. The SMILES string of the molecule is CC/C=C\C/C=C\C/C=C\C/C=C\CCCOCC(COP(=O)(O)OCC(O)CO)OC(=O)CCCCCCCCCCCCCCCCCCC. The van der Waals surface area contributed by atoms with Gasteiger partial charge < -0.3 is 24.6 Å². The smallest absolute Gasteiger partial charge is 0.457 e. The third kappa shape index (κ3) is 38.2. The number of esters is 1. The minimum Gasteiger partial charge on any atom is -0.457 e. The molecular weight excluding hydrogens is 679 g/mol. The molecule has 0 saturated heterocycles. The van der Waals surface area contributed by atoms with Crippen molar-refractivity contribution >= 4 is 13.8 Å². The van der Waals surface area contributed by atoms with E-state index in [4.69, 9.17) is 23.6 Å². The van der Waals surface area contributed by atoms with E-state index in [2.05, 4.69) is 62.5 Å². The predicted molar refractivity (Wildman–Crippen MR) is 214 cm³/mol. The molecule has 304 valence electrons. The van der Waals surface area contributed by atoms with E-state index < -0.39 is 45.8 Å². The second kappa shape index (κ2) is 39.1. The van der Waals surface area contributed by atoms with Crippen LogP contribution in [-0.2, 0) is 27.9 Å². The van der Waals surface area contributed by atoms with Crippen molar-refractivity contribution in [2.45, 2.75) is 180 Å². The number of phosphoric ester groups is 1. The number of aliphatic hydroxyl groups is 2. The highest BCUT2D eigenvalue weighted by Crippen LogP contribution is 2.43. The fraction of sp³-hybridized carbons (Fsp3) is 0.786. The molecule has 0 bridgehead atoms. The van der Waals surface area contributed by atoms with E-state index in [0.29, 0.717) is 6.61 Å². The summed E-state index contributed by atoms with van der Waals surface area (Å²) in [7, 11) is -4.53. The van der Waals surface area contributed by atoms with E-state index in [9.17, 15) is 19.4 Å². The molecule has 0 aliphatic rings. The molecule has 9 nitrogen and oxygen atoms in total. The van der Waals surface area contributed by atoms with E-state index in [-0.39, 0.29) is 13.0 Å². The third-order valence-electron chi connectivity index (χ3n) is 8.53. The summed E-state index contributed by atoms with van der Waals surface area (Å²) in [5.74, 6) is -0.401. The van der Waals surface area contributed by atoms with Crippen LogP contribution in [0.3, 0.4) is 0 Å². The second-order valence-corrected chi connectivity index (χ2v) is 15.1. The second-order valence-electron chi connectivity index (χ2n) is 13.6. The molecule has 0 aromatic carbocycles. The zero-order valence-corrected chi connectivity index (χ0v) is 33.9. The Labute approximate surface area is 317 Å². The molecule has 0 aliphatic heterocycles. The molecule has 0 fully saturated rings. The zero-order chi connectivity index (χ0) is 38.2. The lowest BCUT2D eigenvalue weighted by Crippen LogP contribution is -2.29. The van der Waals surface area contributed by atoms with Gasteiger partial charge in [-0.2, -0.15) is 0 Å². The average molecular weight is 757 g/mol. The molecule has 10 heteroatoms. The van der Waals surface area contributed by atoms with Gasteiger partial charge in [-0.15, -0.1) is 0 Å². The first kappa shape index (κ1) is 50.4. The first-order valence-corrected chi connectivity index (χ1v) is 22.1. The molecule has 0 saturated carbocycles. The summed E-state index contributed by atoms with van der Waals surface area (Å²) >= 11 is 0. The Kier molecular flexibility index (Phi) is 37.9. The maximum atomic E-state index is 12.6. The molecule has 3 atom stereocenters. The van der Waals surface area contributed by atoms with Crippen LogP contribution in [0.5, 0.6) is 0 Å². The van der Waals surface area contributed by atoms with Gasteiger partial charge >= 0.3 is 13.8 Å². The van der Waals surface area contributed by atoms with Crippen LogP contribution in [0.4, 0.5) is 0 Å². The van der Waals surface area contributed by atoms with Crippen LogP contribution in [0.15, 0.2) is 48.6 Å². The van der Waals surface area contributed by atoms with E-state index in [1.807, 2.05) is 0 Å². The molecule has 0 aliphatic carbocycles. The number of rotatable bonds is 39. The lowest BCUT2D eigenvalue weighted by Gasteiger charge is -2.20. The van der Waals surface area contributed by atoms with Gasteiger partial charge in [0.2, 0.25) is 0 Å². The molecule has 0 aromatic heterocycles. The molecule has 0 amide bonds. The van der Waals surface area contributed by atoms with Crippen molar-refractivity contribution in [2.24, 2.45) is 0 Å². The van der Waals surface area contributed by atoms with Gasteiger partial charge in [-0.05, 0) is 44.9 Å². The van der Waals surface area contributed by atoms with Gasteiger partial charge in [0, 0.05) is 13.0 Å². The highest BCUT2D eigenvalue weighted by atomic mass is 31.2. The van der Waals surface area contributed by atoms with E-state index in [1.54, 1.807) is 0 Å². The summed E-state index contributed by atoms with van der Waals surface area (Å²) in [5, 5.41) is 18.3. The number of phosphoric acid groups is 1. The summed E-state index contributed by atoms with van der Waals surface area (Å²) in [6.45, 7) is 3.26. The first-order chi connectivity index (χ1) is 25.3.